The number of rotatable bonds is 4. The Balaban J connectivity index is 2.17. The van der Waals surface area contributed by atoms with Crippen LogP contribution in [0.5, 0.6) is 0 Å². The van der Waals surface area contributed by atoms with Gasteiger partial charge >= 0.3 is 0 Å². The Morgan fingerprint density at radius 2 is 2.00 bits per heavy atom. The summed E-state index contributed by atoms with van der Waals surface area (Å²) >= 11 is 0. The van der Waals surface area contributed by atoms with E-state index in [1.54, 1.807) is 0 Å². The lowest BCUT2D eigenvalue weighted by Crippen LogP contribution is -2.37. The third-order valence-corrected chi connectivity index (χ3v) is 2.98. The van der Waals surface area contributed by atoms with Crippen molar-refractivity contribution in [3.63, 3.8) is 0 Å². The fourth-order valence-electron chi connectivity index (χ4n) is 2.21. The Labute approximate surface area is 87.7 Å². The van der Waals surface area contributed by atoms with Crippen molar-refractivity contribution in [3.8, 4) is 0 Å². The van der Waals surface area contributed by atoms with Gasteiger partial charge in [-0.25, -0.2) is 0 Å². The number of aliphatic hydroxyl groups is 1. The quantitative estimate of drug-likeness (QED) is 0.721. The molecule has 0 aromatic carbocycles. The van der Waals surface area contributed by atoms with E-state index >= 15 is 0 Å². The number of hydrogen-bond acceptors (Lipinski definition) is 3. The molecule has 0 aromatic rings. The maximum atomic E-state index is 9.24. The molecule has 3 heteroatoms. The monoisotopic (exact) mass is 200 g/mol. The van der Waals surface area contributed by atoms with Gasteiger partial charge in [-0.3, -0.25) is 0 Å². The van der Waals surface area contributed by atoms with E-state index in [-0.39, 0.29) is 6.10 Å². The molecule has 0 aliphatic carbocycles. The van der Waals surface area contributed by atoms with Crippen LogP contribution in [-0.4, -0.2) is 61.3 Å². The second-order valence-electron chi connectivity index (χ2n) is 4.82. The Bertz CT molecular complexity index is 153. The Hall–Kier alpha value is -0.120. The van der Waals surface area contributed by atoms with Gasteiger partial charge in [-0.05, 0) is 52.9 Å². The molecular formula is C11H24N2O. The summed E-state index contributed by atoms with van der Waals surface area (Å²) in [5, 5.41) is 9.24. The van der Waals surface area contributed by atoms with Crippen LogP contribution in [-0.2, 0) is 0 Å². The van der Waals surface area contributed by atoms with Gasteiger partial charge in [-0.2, -0.15) is 0 Å². The Morgan fingerprint density at radius 1 is 1.43 bits per heavy atom. The Kier molecular flexibility index (Phi) is 4.85. The van der Waals surface area contributed by atoms with Crippen LogP contribution in [0.15, 0.2) is 0 Å². The lowest BCUT2D eigenvalue weighted by atomic mass is 9.96. The number of piperidine rings is 1. The summed E-state index contributed by atoms with van der Waals surface area (Å²) in [5.41, 5.74) is 0. The summed E-state index contributed by atoms with van der Waals surface area (Å²) < 4.78 is 0. The first-order valence-electron chi connectivity index (χ1n) is 5.63. The molecule has 0 spiro atoms. The molecule has 1 heterocycles. The SMILES string of the molecule is C[C@@H](O)CN(C)CC1CCN(C)CC1. The molecule has 0 amide bonds. The summed E-state index contributed by atoms with van der Waals surface area (Å²) in [5.74, 6) is 0.829. The number of likely N-dealkylation sites (tertiary alicyclic amines) is 1. The molecule has 1 rings (SSSR count). The van der Waals surface area contributed by atoms with Gasteiger partial charge in [0.15, 0.2) is 0 Å². The van der Waals surface area contributed by atoms with Crippen LogP contribution in [0.2, 0.25) is 0 Å². The average molecular weight is 200 g/mol. The minimum atomic E-state index is -0.203. The molecule has 0 unspecified atom stereocenters. The highest BCUT2D eigenvalue weighted by atomic mass is 16.3. The van der Waals surface area contributed by atoms with Crippen LogP contribution in [0.1, 0.15) is 19.8 Å². The van der Waals surface area contributed by atoms with Crippen LogP contribution in [0.3, 0.4) is 0 Å². The molecule has 0 aromatic heterocycles. The van der Waals surface area contributed by atoms with Crippen molar-refractivity contribution < 1.29 is 5.11 Å². The van der Waals surface area contributed by atoms with Gasteiger partial charge in [0.1, 0.15) is 0 Å². The van der Waals surface area contributed by atoms with Crippen LogP contribution in [0.25, 0.3) is 0 Å². The number of nitrogens with zero attached hydrogens (tertiary/aromatic N) is 2. The topological polar surface area (TPSA) is 26.7 Å². The summed E-state index contributed by atoms with van der Waals surface area (Å²) in [4.78, 5) is 4.64. The fraction of sp³-hybridized carbons (Fsp3) is 1.00. The average Bonchev–Trinajstić information content (AvgIpc) is 2.07. The predicted molar refractivity (Wildman–Crippen MR) is 59.4 cm³/mol. The first-order valence-corrected chi connectivity index (χ1v) is 5.63. The number of aliphatic hydroxyl groups excluding tert-OH is 1. The van der Waals surface area contributed by atoms with Crippen LogP contribution >= 0.6 is 0 Å². The van der Waals surface area contributed by atoms with E-state index < -0.39 is 0 Å². The van der Waals surface area contributed by atoms with Crippen molar-refractivity contribution >= 4 is 0 Å². The van der Waals surface area contributed by atoms with Gasteiger partial charge in [0.25, 0.3) is 0 Å². The van der Waals surface area contributed by atoms with Crippen LogP contribution in [0.4, 0.5) is 0 Å². The standard InChI is InChI=1S/C11H24N2O/c1-10(14)8-13(3)9-11-4-6-12(2)7-5-11/h10-11,14H,4-9H2,1-3H3/t10-/m1/s1. The van der Waals surface area contributed by atoms with Gasteiger partial charge < -0.3 is 14.9 Å². The van der Waals surface area contributed by atoms with Gasteiger partial charge in [0.2, 0.25) is 0 Å². The van der Waals surface area contributed by atoms with E-state index in [4.69, 9.17) is 0 Å². The van der Waals surface area contributed by atoms with Crippen molar-refractivity contribution in [3.05, 3.63) is 0 Å². The highest BCUT2D eigenvalue weighted by molar-refractivity contribution is 4.72. The third kappa shape index (κ3) is 4.40. The fourth-order valence-corrected chi connectivity index (χ4v) is 2.21. The van der Waals surface area contributed by atoms with E-state index in [1.165, 1.54) is 25.9 Å². The largest absolute Gasteiger partial charge is 0.392 e. The molecule has 1 atom stereocenters. The lowest BCUT2D eigenvalue weighted by molar-refractivity contribution is 0.117. The lowest BCUT2D eigenvalue weighted by Gasteiger charge is -2.32. The molecule has 1 aliphatic heterocycles. The molecule has 84 valence electrons. The summed E-state index contributed by atoms with van der Waals surface area (Å²) in [6.45, 7) is 6.25. The van der Waals surface area contributed by atoms with Crippen molar-refractivity contribution in [2.75, 3.05) is 40.3 Å². The van der Waals surface area contributed by atoms with Crippen molar-refractivity contribution in [1.82, 2.24) is 9.80 Å². The number of hydrogen-bond donors (Lipinski definition) is 1. The second kappa shape index (κ2) is 5.69. The van der Waals surface area contributed by atoms with Gasteiger partial charge in [-0.1, -0.05) is 0 Å². The molecule has 3 nitrogen and oxygen atoms in total. The van der Waals surface area contributed by atoms with Gasteiger partial charge in [0.05, 0.1) is 6.10 Å². The van der Waals surface area contributed by atoms with Crippen molar-refractivity contribution in [1.29, 1.82) is 0 Å². The summed E-state index contributed by atoms with van der Waals surface area (Å²) in [6.07, 6.45) is 2.41. The first-order chi connectivity index (χ1) is 6.58. The molecule has 0 saturated carbocycles. The minimum Gasteiger partial charge on any atom is -0.392 e. The zero-order valence-corrected chi connectivity index (χ0v) is 9.74. The van der Waals surface area contributed by atoms with E-state index in [9.17, 15) is 5.11 Å². The van der Waals surface area contributed by atoms with E-state index in [0.29, 0.717) is 0 Å². The molecule has 0 radical (unpaired) electrons. The molecule has 14 heavy (non-hydrogen) atoms. The third-order valence-electron chi connectivity index (χ3n) is 2.98. The van der Waals surface area contributed by atoms with E-state index in [1.807, 2.05) is 6.92 Å². The molecule has 1 N–H and O–H groups in total. The summed E-state index contributed by atoms with van der Waals surface area (Å²) in [6, 6.07) is 0. The number of likely N-dealkylation sites (N-methyl/N-ethyl adjacent to an activating group) is 1. The summed E-state index contributed by atoms with van der Waals surface area (Å²) in [7, 11) is 4.29. The zero-order valence-electron chi connectivity index (χ0n) is 9.74. The van der Waals surface area contributed by atoms with E-state index in [0.717, 1.165) is 19.0 Å². The smallest absolute Gasteiger partial charge is 0.0638 e. The normalized spacial score (nSPS) is 22.9. The highest BCUT2D eigenvalue weighted by Gasteiger charge is 2.18. The minimum absolute atomic E-state index is 0.203. The highest BCUT2D eigenvalue weighted by Crippen LogP contribution is 2.16. The van der Waals surface area contributed by atoms with Crippen molar-refractivity contribution in [2.45, 2.75) is 25.9 Å². The zero-order chi connectivity index (χ0) is 10.6. The maximum absolute atomic E-state index is 9.24. The first kappa shape index (κ1) is 12.0. The Morgan fingerprint density at radius 3 is 2.50 bits per heavy atom. The van der Waals surface area contributed by atoms with Crippen molar-refractivity contribution in [2.24, 2.45) is 5.92 Å². The van der Waals surface area contributed by atoms with Crippen LogP contribution < -0.4 is 0 Å². The second-order valence-corrected chi connectivity index (χ2v) is 4.82. The molecule has 0 bridgehead atoms. The predicted octanol–water partition coefficient (Wildman–Crippen LogP) is 0.641. The van der Waals surface area contributed by atoms with Crippen LogP contribution in [0, 0.1) is 5.92 Å². The molecular weight excluding hydrogens is 176 g/mol. The molecule has 1 fully saturated rings. The maximum Gasteiger partial charge on any atom is 0.0638 e. The molecule has 1 aliphatic rings. The molecule has 1 saturated heterocycles. The van der Waals surface area contributed by atoms with E-state index in [2.05, 4.69) is 23.9 Å². The van der Waals surface area contributed by atoms with Gasteiger partial charge in [0, 0.05) is 13.1 Å². The van der Waals surface area contributed by atoms with Gasteiger partial charge in [-0.15, -0.1) is 0 Å².